The van der Waals surface area contributed by atoms with Gasteiger partial charge in [0.25, 0.3) is 0 Å². The monoisotopic (exact) mass is 289 g/mol. The molecule has 0 heterocycles. The van der Waals surface area contributed by atoms with Gasteiger partial charge in [0, 0.05) is 18.3 Å². The number of anilines is 1. The van der Waals surface area contributed by atoms with E-state index in [9.17, 15) is 4.39 Å². The van der Waals surface area contributed by atoms with Crippen molar-refractivity contribution in [1.29, 1.82) is 0 Å². The summed E-state index contributed by atoms with van der Waals surface area (Å²) in [6.07, 6.45) is 0. The number of hydrogen-bond acceptors (Lipinski definition) is 3. The van der Waals surface area contributed by atoms with Crippen LogP contribution in [0.4, 0.5) is 10.1 Å². The number of halogens is 1. The van der Waals surface area contributed by atoms with Crippen LogP contribution in [0.2, 0.25) is 0 Å². The van der Waals surface area contributed by atoms with Crippen LogP contribution in [0.1, 0.15) is 18.1 Å². The first-order valence-corrected chi connectivity index (χ1v) is 6.93. The summed E-state index contributed by atoms with van der Waals surface area (Å²) in [6, 6.07) is 10.9. The minimum absolute atomic E-state index is 0.182. The molecule has 0 aromatic heterocycles. The Morgan fingerprint density at radius 1 is 1.10 bits per heavy atom. The molecule has 1 N–H and O–H groups in total. The highest BCUT2D eigenvalue weighted by Crippen LogP contribution is 2.30. The molecule has 0 fully saturated rings. The average Bonchev–Trinajstić information content (AvgIpc) is 2.49. The number of benzene rings is 2. The SMILES string of the molecule is CCOc1ccc(NCc2ccc(C)c(F)c2)cc1OC. The second-order valence-corrected chi connectivity index (χ2v) is 4.74. The van der Waals surface area contributed by atoms with Crippen molar-refractivity contribution in [3.8, 4) is 11.5 Å². The van der Waals surface area contributed by atoms with E-state index in [0.717, 1.165) is 11.3 Å². The van der Waals surface area contributed by atoms with Crippen LogP contribution >= 0.6 is 0 Å². The van der Waals surface area contributed by atoms with Crippen molar-refractivity contribution >= 4 is 5.69 Å². The minimum Gasteiger partial charge on any atom is -0.493 e. The lowest BCUT2D eigenvalue weighted by Gasteiger charge is -2.12. The summed E-state index contributed by atoms with van der Waals surface area (Å²) < 4.78 is 24.3. The van der Waals surface area contributed by atoms with E-state index in [1.165, 1.54) is 0 Å². The summed E-state index contributed by atoms with van der Waals surface area (Å²) in [7, 11) is 1.61. The topological polar surface area (TPSA) is 30.5 Å². The first-order valence-electron chi connectivity index (χ1n) is 6.93. The molecule has 0 aliphatic carbocycles. The largest absolute Gasteiger partial charge is 0.493 e. The smallest absolute Gasteiger partial charge is 0.162 e. The van der Waals surface area contributed by atoms with Crippen LogP contribution in [0, 0.1) is 12.7 Å². The van der Waals surface area contributed by atoms with E-state index in [1.54, 1.807) is 26.2 Å². The lowest BCUT2D eigenvalue weighted by atomic mass is 10.1. The highest BCUT2D eigenvalue weighted by Gasteiger charge is 2.05. The molecule has 2 aromatic carbocycles. The Hall–Kier alpha value is -2.23. The van der Waals surface area contributed by atoms with E-state index in [2.05, 4.69) is 5.32 Å². The summed E-state index contributed by atoms with van der Waals surface area (Å²) in [4.78, 5) is 0. The maximum atomic E-state index is 13.5. The van der Waals surface area contributed by atoms with Gasteiger partial charge >= 0.3 is 0 Å². The maximum absolute atomic E-state index is 13.5. The van der Waals surface area contributed by atoms with E-state index >= 15 is 0 Å². The molecule has 112 valence electrons. The minimum atomic E-state index is -0.182. The Labute approximate surface area is 124 Å². The zero-order valence-corrected chi connectivity index (χ0v) is 12.6. The molecule has 0 aliphatic rings. The Kier molecular flexibility index (Phi) is 5.04. The molecule has 0 saturated carbocycles. The molecule has 2 aromatic rings. The molecule has 3 nitrogen and oxygen atoms in total. The second kappa shape index (κ2) is 6.97. The fourth-order valence-corrected chi connectivity index (χ4v) is 2.00. The molecule has 4 heteroatoms. The van der Waals surface area contributed by atoms with Gasteiger partial charge in [0.2, 0.25) is 0 Å². The number of ether oxygens (including phenoxy) is 2. The lowest BCUT2D eigenvalue weighted by molar-refractivity contribution is 0.311. The fraction of sp³-hybridized carbons (Fsp3) is 0.294. The van der Waals surface area contributed by atoms with Gasteiger partial charge in [-0.05, 0) is 43.2 Å². The summed E-state index contributed by atoms with van der Waals surface area (Å²) >= 11 is 0. The highest BCUT2D eigenvalue weighted by atomic mass is 19.1. The van der Waals surface area contributed by atoms with Crippen LogP contribution in [0.25, 0.3) is 0 Å². The number of methoxy groups -OCH3 is 1. The van der Waals surface area contributed by atoms with Crippen LogP contribution in [0.3, 0.4) is 0 Å². The Bertz CT molecular complexity index is 614. The normalized spacial score (nSPS) is 10.3. The van der Waals surface area contributed by atoms with Gasteiger partial charge in [0.15, 0.2) is 11.5 Å². The van der Waals surface area contributed by atoms with Gasteiger partial charge in [-0.3, -0.25) is 0 Å². The molecule has 0 atom stereocenters. The molecule has 0 aliphatic heterocycles. The number of aryl methyl sites for hydroxylation is 1. The number of nitrogens with one attached hydrogen (secondary N) is 1. The Balaban J connectivity index is 2.07. The van der Waals surface area contributed by atoms with Crippen LogP contribution in [0.15, 0.2) is 36.4 Å². The van der Waals surface area contributed by atoms with E-state index in [4.69, 9.17) is 9.47 Å². The summed E-state index contributed by atoms with van der Waals surface area (Å²) in [5, 5.41) is 3.25. The zero-order chi connectivity index (χ0) is 15.2. The van der Waals surface area contributed by atoms with Crippen molar-refractivity contribution in [1.82, 2.24) is 0 Å². The summed E-state index contributed by atoms with van der Waals surface area (Å²) in [5.74, 6) is 1.21. The number of rotatable bonds is 6. The Morgan fingerprint density at radius 2 is 1.90 bits per heavy atom. The molecule has 0 amide bonds. The van der Waals surface area contributed by atoms with Gasteiger partial charge in [0.1, 0.15) is 5.82 Å². The van der Waals surface area contributed by atoms with Crippen molar-refractivity contribution < 1.29 is 13.9 Å². The van der Waals surface area contributed by atoms with Crippen molar-refractivity contribution in [3.05, 3.63) is 53.3 Å². The van der Waals surface area contributed by atoms with Gasteiger partial charge in [-0.25, -0.2) is 4.39 Å². The van der Waals surface area contributed by atoms with Crippen molar-refractivity contribution in [2.24, 2.45) is 0 Å². The molecule has 0 spiro atoms. The molecule has 0 bridgehead atoms. The van der Waals surface area contributed by atoms with Crippen molar-refractivity contribution in [2.75, 3.05) is 19.0 Å². The third-order valence-corrected chi connectivity index (χ3v) is 3.20. The number of hydrogen-bond donors (Lipinski definition) is 1. The van der Waals surface area contributed by atoms with Gasteiger partial charge < -0.3 is 14.8 Å². The fourth-order valence-electron chi connectivity index (χ4n) is 2.00. The molecule has 21 heavy (non-hydrogen) atoms. The van der Waals surface area contributed by atoms with E-state index in [1.807, 2.05) is 31.2 Å². The third kappa shape index (κ3) is 3.88. The summed E-state index contributed by atoms with van der Waals surface area (Å²) in [5.41, 5.74) is 2.45. The second-order valence-electron chi connectivity index (χ2n) is 4.74. The average molecular weight is 289 g/mol. The lowest BCUT2D eigenvalue weighted by Crippen LogP contribution is -2.01. The van der Waals surface area contributed by atoms with Gasteiger partial charge in [-0.2, -0.15) is 0 Å². The molecular weight excluding hydrogens is 269 g/mol. The standard InChI is InChI=1S/C17H20FNO2/c1-4-21-16-8-7-14(10-17(16)20-3)19-11-13-6-5-12(2)15(18)9-13/h5-10,19H,4,11H2,1-3H3. The predicted octanol–water partition coefficient (Wildman–Crippen LogP) is 4.15. The predicted molar refractivity (Wildman–Crippen MR) is 82.6 cm³/mol. The van der Waals surface area contributed by atoms with Crippen LogP contribution in [-0.2, 0) is 6.54 Å². The van der Waals surface area contributed by atoms with Crippen LogP contribution in [0.5, 0.6) is 11.5 Å². The van der Waals surface area contributed by atoms with Gasteiger partial charge in [-0.15, -0.1) is 0 Å². The first kappa shape index (κ1) is 15.2. The van der Waals surface area contributed by atoms with Crippen molar-refractivity contribution in [2.45, 2.75) is 20.4 Å². The van der Waals surface area contributed by atoms with Gasteiger partial charge in [-0.1, -0.05) is 12.1 Å². The van der Waals surface area contributed by atoms with Crippen LogP contribution < -0.4 is 14.8 Å². The molecule has 0 saturated heterocycles. The van der Waals surface area contributed by atoms with Gasteiger partial charge in [0.05, 0.1) is 13.7 Å². The molecular formula is C17H20FNO2. The van der Waals surface area contributed by atoms with E-state index < -0.39 is 0 Å². The molecule has 0 unspecified atom stereocenters. The Morgan fingerprint density at radius 3 is 2.57 bits per heavy atom. The molecule has 2 rings (SSSR count). The zero-order valence-electron chi connectivity index (χ0n) is 12.6. The highest BCUT2D eigenvalue weighted by molar-refractivity contribution is 5.55. The maximum Gasteiger partial charge on any atom is 0.162 e. The third-order valence-electron chi connectivity index (χ3n) is 3.20. The van der Waals surface area contributed by atoms with Crippen molar-refractivity contribution in [3.63, 3.8) is 0 Å². The van der Waals surface area contributed by atoms with Crippen LogP contribution in [-0.4, -0.2) is 13.7 Å². The first-order chi connectivity index (χ1) is 10.1. The summed E-state index contributed by atoms with van der Waals surface area (Å²) in [6.45, 7) is 4.82. The van der Waals surface area contributed by atoms with E-state index in [-0.39, 0.29) is 5.82 Å². The molecule has 0 radical (unpaired) electrons. The quantitative estimate of drug-likeness (QED) is 0.866. The van der Waals surface area contributed by atoms with E-state index in [0.29, 0.717) is 30.2 Å².